The first-order valence-corrected chi connectivity index (χ1v) is 9.95. The number of pyridine rings is 1. The molecule has 3 aromatic rings. The van der Waals surface area contributed by atoms with Gasteiger partial charge in [-0.05, 0) is 25.0 Å². The lowest BCUT2D eigenvalue weighted by atomic mass is 10.1. The quantitative estimate of drug-likeness (QED) is 0.611. The number of carbonyl (C=O) groups is 1. The molecule has 0 atom stereocenters. The Kier molecular flexibility index (Phi) is 4.23. The number of aromatic nitrogens is 5. The summed E-state index contributed by atoms with van der Waals surface area (Å²) in [5.74, 6) is 2.36. The maximum Gasteiger partial charge on any atom is 0.259 e. The number of amides is 1. The molecule has 0 spiro atoms. The van der Waals surface area contributed by atoms with Crippen molar-refractivity contribution in [2.75, 3.05) is 32.1 Å². The van der Waals surface area contributed by atoms with E-state index in [9.17, 15) is 9.59 Å². The molecule has 10 heteroatoms. The molecule has 1 saturated carbocycles. The van der Waals surface area contributed by atoms with Gasteiger partial charge in [0, 0.05) is 45.4 Å². The summed E-state index contributed by atoms with van der Waals surface area (Å²) in [5.41, 5.74) is 0.910. The predicted molar refractivity (Wildman–Crippen MR) is 109 cm³/mol. The standard InChI is InChI=1S/C20H23N7O3/c1-24-11-14(15(30-3)8-18(24)28)20(29)25(2)13-9-26(10-13)17-7-6-16-21-22-19(12-4-5-12)27(16)23-17/h6-8,11-13H,4-5,9-10H2,1-3H3. The van der Waals surface area contributed by atoms with Gasteiger partial charge in [0.05, 0.1) is 18.7 Å². The topological polar surface area (TPSA) is 97.9 Å². The number of ether oxygens (including phenoxy) is 1. The monoisotopic (exact) mass is 409 g/mol. The molecule has 2 aliphatic rings. The van der Waals surface area contributed by atoms with Crippen molar-refractivity contribution in [3.8, 4) is 5.75 Å². The number of hydrogen-bond acceptors (Lipinski definition) is 7. The average Bonchev–Trinajstić information content (AvgIpc) is 3.47. The number of hydrogen-bond donors (Lipinski definition) is 0. The third-order valence-corrected chi connectivity index (χ3v) is 5.91. The fraction of sp³-hybridized carbons (Fsp3) is 0.450. The summed E-state index contributed by atoms with van der Waals surface area (Å²) in [6, 6.07) is 5.25. The van der Waals surface area contributed by atoms with Crippen molar-refractivity contribution in [2.45, 2.75) is 24.8 Å². The third kappa shape index (κ3) is 2.99. The van der Waals surface area contributed by atoms with Crippen molar-refractivity contribution in [3.63, 3.8) is 0 Å². The second-order valence-corrected chi connectivity index (χ2v) is 7.97. The number of rotatable bonds is 5. The van der Waals surface area contributed by atoms with Crippen LogP contribution in [0.2, 0.25) is 0 Å². The molecule has 2 fully saturated rings. The molecule has 0 N–H and O–H groups in total. The molecule has 0 unspecified atom stereocenters. The van der Waals surface area contributed by atoms with Crippen molar-refractivity contribution in [1.29, 1.82) is 0 Å². The molecule has 0 aromatic carbocycles. The van der Waals surface area contributed by atoms with Crippen molar-refractivity contribution in [1.82, 2.24) is 29.3 Å². The lowest BCUT2D eigenvalue weighted by molar-refractivity contribution is 0.0700. The summed E-state index contributed by atoms with van der Waals surface area (Å²) >= 11 is 0. The van der Waals surface area contributed by atoms with E-state index in [4.69, 9.17) is 9.84 Å². The zero-order chi connectivity index (χ0) is 21.0. The Bertz CT molecular complexity index is 1190. The highest BCUT2D eigenvalue weighted by atomic mass is 16.5. The van der Waals surface area contributed by atoms with E-state index in [0.29, 0.717) is 30.3 Å². The van der Waals surface area contributed by atoms with Crippen molar-refractivity contribution >= 4 is 17.4 Å². The Morgan fingerprint density at radius 1 is 1.23 bits per heavy atom. The molecule has 1 aliphatic carbocycles. The molecule has 0 radical (unpaired) electrons. The minimum Gasteiger partial charge on any atom is -0.496 e. The number of carbonyl (C=O) groups excluding carboxylic acids is 1. The lowest BCUT2D eigenvalue weighted by Gasteiger charge is -2.44. The zero-order valence-corrected chi connectivity index (χ0v) is 17.1. The Hall–Kier alpha value is -3.43. The van der Waals surface area contributed by atoms with Gasteiger partial charge < -0.3 is 19.1 Å². The number of anilines is 1. The fourth-order valence-corrected chi connectivity index (χ4v) is 3.75. The van der Waals surface area contributed by atoms with Gasteiger partial charge in [0.2, 0.25) is 0 Å². The first kappa shape index (κ1) is 18.6. The molecule has 1 amide bonds. The minimum absolute atomic E-state index is 0.0424. The van der Waals surface area contributed by atoms with Crippen LogP contribution in [0.4, 0.5) is 5.82 Å². The molecule has 0 bridgehead atoms. The van der Waals surface area contributed by atoms with Crippen LogP contribution >= 0.6 is 0 Å². The van der Waals surface area contributed by atoms with E-state index < -0.39 is 0 Å². The van der Waals surface area contributed by atoms with Crippen LogP contribution in [0.1, 0.15) is 34.9 Å². The van der Waals surface area contributed by atoms with Crippen LogP contribution in [0, 0.1) is 0 Å². The zero-order valence-electron chi connectivity index (χ0n) is 17.1. The third-order valence-electron chi connectivity index (χ3n) is 5.91. The van der Waals surface area contributed by atoms with Crippen LogP contribution in [0.15, 0.2) is 29.2 Å². The summed E-state index contributed by atoms with van der Waals surface area (Å²) < 4.78 is 8.47. The van der Waals surface area contributed by atoms with Gasteiger partial charge >= 0.3 is 0 Å². The number of nitrogens with zero attached hydrogens (tertiary/aromatic N) is 7. The van der Waals surface area contributed by atoms with Crippen LogP contribution < -0.4 is 15.2 Å². The van der Waals surface area contributed by atoms with Crippen molar-refractivity contribution < 1.29 is 9.53 Å². The number of fused-ring (bicyclic) bond motifs is 1. The van der Waals surface area contributed by atoms with E-state index in [1.165, 1.54) is 23.9 Å². The van der Waals surface area contributed by atoms with E-state index in [1.807, 2.05) is 16.6 Å². The molecule has 30 heavy (non-hydrogen) atoms. The van der Waals surface area contributed by atoms with Gasteiger partial charge in [0.25, 0.3) is 11.5 Å². The second-order valence-electron chi connectivity index (χ2n) is 7.97. The second kappa shape index (κ2) is 6.82. The maximum absolute atomic E-state index is 13.0. The van der Waals surface area contributed by atoms with E-state index in [-0.39, 0.29) is 17.5 Å². The Morgan fingerprint density at radius 3 is 2.70 bits per heavy atom. The molecule has 1 saturated heterocycles. The van der Waals surface area contributed by atoms with Crippen LogP contribution in [0.3, 0.4) is 0 Å². The van der Waals surface area contributed by atoms with Gasteiger partial charge in [-0.25, -0.2) is 0 Å². The Morgan fingerprint density at radius 2 is 2.00 bits per heavy atom. The van der Waals surface area contributed by atoms with Gasteiger partial charge in [0.1, 0.15) is 11.6 Å². The number of methoxy groups -OCH3 is 1. The summed E-state index contributed by atoms with van der Waals surface area (Å²) in [5, 5.41) is 13.2. The van der Waals surface area contributed by atoms with Gasteiger partial charge in [-0.2, -0.15) is 4.52 Å². The predicted octanol–water partition coefficient (Wildman–Crippen LogP) is 0.670. The van der Waals surface area contributed by atoms with E-state index in [2.05, 4.69) is 15.1 Å². The van der Waals surface area contributed by atoms with Gasteiger partial charge in [0.15, 0.2) is 11.5 Å². The molecular formula is C20H23N7O3. The van der Waals surface area contributed by atoms with E-state index in [1.54, 1.807) is 19.0 Å². The highest BCUT2D eigenvalue weighted by Gasteiger charge is 2.35. The molecule has 5 rings (SSSR count). The minimum atomic E-state index is -0.220. The highest BCUT2D eigenvalue weighted by molar-refractivity contribution is 5.96. The largest absolute Gasteiger partial charge is 0.496 e. The summed E-state index contributed by atoms with van der Waals surface area (Å²) in [7, 11) is 4.85. The number of aryl methyl sites for hydroxylation is 1. The smallest absolute Gasteiger partial charge is 0.259 e. The maximum atomic E-state index is 13.0. The van der Waals surface area contributed by atoms with Crippen LogP contribution in [-0.2, 0) is 7.05 Å². The van der Waals surface area contributed by atoms with Gasteiger partial charge in [-0.15, -0.1) is 15.3 Å². The van der Waals surface area contributed by atoms with Crippen LogP contribution in [0.25, 0.3) is 5.65 Å². The molecule has 3 aromatic heterocycles. The molecule has 4 heterocycles. The Balaban J connectivity index is 1.31. The highest BCUT2D eigenvalue weighted by Crippen LogP contribution is 2.39. The Labute approximate surface area is 172 Å². The SMILES string of the molecule is COc1cc(=O)n(C)cc1C(=O)N(C)C1CN(c2ccc3nnc(C4CC4)n3n2)C1. The molecule has 10 nitrogen and oxygen atoms in total. The number of likely N-dealkylation sites (N-methyl/N-ethyl adjacent to an activating group) is 1. The summed E-state index contributed by atoms with van der Waals surface area (Å²) in [4.78, 5) is 28.7. The normalized spacial score (nSPS) is 16.6. The van der Waals surface area contributed by atoms with E-state index in [0.717, 1.165) is 30.1 Å². The van der Waals surface area contributed by atoms with Gasteiger partial charge in [-0.3, -0.25) is 9.59 Å². The van der Waals surface area contributed by atoms with E-state index >= 15 is 0 Å². The molecule has 156 valence electrons. The summed E-state index contributed by atoms with van der Waals surface area (Å²) in [6.45, 7) is 1.35. The molecular weight excluding hydrogens is 386 g/mol. The fourth-order valence-electron chi connectivity index (χ4n) is 3.75. The molecule has 1 aliphatic heterocycles. The average molecular weight is 409 g/mol. The van der Waals surface area contributed by atoms with Crippen LogP contribution in [-0.4, -0.2) is 68.5 Å². The van der Waals surface area contributed by atoms with Gasteiger partial charge in [-0.1, -0.05) is 0 Å². The lowest BCUT2D eigenvalue weighted by Crippen LogP contribution is -2.60. The van der Waals surface area contributed by atoms with Crippen LogP contribution in [0.5, 0.6) is 5.75 Å². The summed E-state index contributed by atoms with van der Waals surface area (Å²) in [6.07, 6.45) is 3.80. The first-order chi connectivity index (χ1) is 14.5. The first-order valence-electron chi connectivity index (χ1n) is 9.95. The van der Waals surface area contributed by atoms with Crippen molar-refractivity contribution in [3.05, 3.63) is 46.1 Å². The van der Waals surface area contributed by atoms with Crippen molar-refractivity contribution in [2.24, 2.45) is 7.05 Å².